The molecule has 0 saturated heterocycles. The van der Waals surface area contributed by atoms with E-state index in [9.17, 15) is 4.79 Å². The van der Waals surface area contributed by atoms with Gasteiger partial charge in [0.2, 0.25) is 0 Å². The third-order valence-electron chi connectivity index (χ3n) is 2.94. The van der Waals surface area contributed by atoms with Gasteiger partial charge >= 0.3 is 0 Å². The van der Waals surface area contributed by atoms with Gasteiger partial charge in [0.1, 0.15) is 5.75 Å². The van der Waals surface area contributed by atoms with E-state index in [0.29, 0.717) is 10.8 Å². The number of aryl methyl sites for hydroxylation is 1. The molecule has 1 atom stereocenters. The van der Waals surface area contributed by atoms with Gasteiger partial charge in [-0.2, -0.15) is 0 Å². The van der Waals surface area contributed by atoms with E-state index in [2.05, 4.69) is 27.9 Å². The molecule has 0 aliphatic rings. The summed E-state index contributed by atoms with van der Waals surface area (Å²) in [4.78, 5) is 12.2. The molecule has 0 heterocycles. The SMILES string of the molecule is Cc1cc(I)ccc1NC(=O)[C@H](C)Oc1ccc(Cl)cc1. The van der Waals surface area contributed by atoms with Crippen molar-refractivity contribution in [3.05, 3.63) is 56.6 Å². The van der Waals surface area contributed by atoms with Crippen LogP contribution in [0, 0.1) is 10.5 Å². The molecule has 0 bridgehead atoms. The highest BCUT2D eigenvalue weighted by Gasteiger charge is 2.15. The van der Waals surface area contributed by atoms with Gasteiger partial charge in [-0.3, -0.25) is 4.79 Å². The lowest BCUT2D eigenvalue weighted by molar-refractivity contribution is -0.122. The van der Waals surface area contributed by atoms with Crippen molar-refractivity contribution in [2.24, 2.45) is 0 Å². The van der Waals surface area contributed by atoms with E-state index in [1.165, 1.54) is 0 Å². The third-order valence-corrected chi connectivity index (χ3v) is 3.87. The molecule has 21 heavy (non-hydrogen) atoms. The maximum Gasteiger partial charge on any atom is 0.265 e. The zero-order valence-electron chi connectivity index (χ0n) is 11.7. The molecule has 1 amide bonds. The van der Waals surface area contributed by atoms with Crippen LogP contribution in [0.5, 0.6) is 5.75 Å². The van der Waals surface area contributed by atoms with Gasteiger partial charge in [-0.15, -0.1) is 0 Å². The fourth-order valence-corrected chi connectivity index (χ4v) is 2.55. The topological polar surface area (TPSA) is 38.3 Å². The summed E-state index contributed by atoms with van der Waals surface area (Å²) in [7, 11) is 0. The molecule has 5 heteroatoms. The fraction of sp³-hybridized carbons (Fsp3) is 0.188. The molecule has 1 N–H and O–H groups in total. The number of carbonyl (C=O) groups excluding carboxylic acids is 1. The van der Waals surface area contributed by atoms with Gasteiger partial charge in [0.25, 0.3) is 5.91 Å². The molecule has 0 radical (unpaired) electrons. The number of anilines is 1. The van der Waals surface area contributed by atoms with Gasteiger partial charge < -0.3 is 10.1 Å². The normalized spacial score (nSPS) is 11.8. The Bertz CT molecular complexity index is 643. The van der Waals surface area contributed by atoms with E-state index in [4.69, 9.17) is 16.3 Å². The summed E-state index contributed by atoms with van der Waals surface area (Å²) >= 11 is 8.05. The lowest BCUT2D eigenvalue weighted by Crippen LogP contribution is -2.30. The lowest BCUT2D eigenvalue weighted by atomic mass is 10.2. The predicted molar refractivity (Wildman–Crippen MR) is 94.1 cm³/mol. The molecular formula is C16H15ClINO2. The predicted octanol–water partition coefficient (Wildman–Crippen LogP) is 4.66. The summed E-state index contributed by atoms with van der Waals surface area (Å²) in [5, 5.41) is 3.51. The minimum Gasteiger partial charge on any atom is -0.481 e. The van der Waals surface area contributed by atoms with Crippen LogP contribution in [0.4, 0.5) is 5.69 Å². The highest BCUT2D eigenvalue weighted by atomic mass is 127. The van der Waals surface area contributed by atoms with Crippen LogP contribution in [-0.4, -0.2) is 12.0 Å². The first-order chi connectivity index (χ1) is 9.95. The average molecular weight is 416 g/mol. The van der Waals surface area contributed by atoms with Crippen molar-refractivity contribution in [3.63, 3.8) is 0 Å². The van der Waals surface area contributed by atoms with Crippen molar-refractivity contribution in [3.8, 4) is 5.75 Å². The molecule has 110 valence electrons. The summed E-state index contributed by atoms with van der Waals surface area (Å²) < 4.78 is 6.73. The number of ether oxygens (including phenoxy) is 1. The minimum absolute atomic E-state index is 0.186. The number of benzene rings is 2. The Labute approximate surface area is 142 Å². The van der Waals surface area contributed by atoms with E-state index in [1.54, 1.807) is 31.2 Å². The number of nitrogens with one attached hydrogen (secondary N) is 1. The zero-order chi connectivity index (χ0) is 15.4. The molecule has 2 aromatic carbocycles. The fourth-order valence-electron chi connectivity index (χ4n) is 1.77. The highest BCUT2D eigenvalue weighted by Crippen LogP contribution is 2.20. The summed E-state index contributed by atoms with van der Waals surface area (Å²) in [5.74, 6) is 0.427. The molecule has 3 nitrogen and oxygen atoms in total. The van der Waals surface area contributed by atoms with Crippen molar-refractivity contribution in [2.75, 3.05) is 5.32 Å². The molecular weight excluding hydrogens is 401 g/mol. The van der Waals surface area contributed by atoms with Crippen LogP contribution in [0.15, 0.2) is 42.5 Å². The quantitative estimate of drug-likeness (QED) is 0.738. The first-order valence-electron chi connectivity index (χ1n) is 6.45. The Morgan fingerprint density at radius 2 is 1.90 bits per heavy atom. The van der Waals surface area contributed by atoms with E-state index < -0.39 is 6.10 Å². The Morgan fingerprint density at radius 1 is 1.24 bits per heavy atom. The molecule has 0 aliphatic heterocycles. The van der Waals surface area contributed by atoms with Crippen molar-refractivity contribution in [1.82, 2.24) is 0 Å². The maximum absolute atomic E-state index is 12.2. The van der Waals surface area contributed by atoms with Crippen LogP contribution in [0.3, 0.4) is 0 Å². The Hall–Kier alpha value is -1.27. The number of carbonyl (C=O) groups is 1. The van der Waals surface area contributed by atoms with Gasteiger partial charge in [-0.25, -0.2) is 0 Å². The van der Waals surface area contributed by atoms with Crippen LogP contribution < -0.4 is 10.1 Å². The molecule has 0 aromatic heterocycles. The van der Waals surface area contributed by atoms with E-state index in [1.807, 2.05) is 25.1 Å². The maximum atomic E-state index is 12.2. The summed E-state index contributed by atoms with van der Waals surface area (Å²) in [6, 6.07) is 12.8. The molecule has 2 aromatic rings. The number of rotatable bonds is 4. The number of amides is 1. The standard InChI is InChI=1S/C16H15ClINO2/c1-10-9-13(18)5-8-15(10)19-16(20)11(2)21-14-6-3-12(17)4-7-14/h3-9,11H,1-2H3,(H,19,20)/t11-/m0/s1. The van der Waals surface area contributed by atoms with E-state index in [-0.39, 0.29) is 5.91 Å². The second kappa shape index (κ2) is 7.13. The largest absolute Gasteiger partial charge is 0.481 e. The number of hydrogen-bond donors (Lipinski definition) is 1. The minimum atomic E-state index is -0.593. The monoisotopic (exact) mass is 415 g/mol. The van der Waals surface area contributed by atoms with Crippen LogP contribution >= 0.6 is 34.2 Å². The van der Waals surface area contributed by atoms with Gasteiger partial charge in [0.05, 0.1) is 0 Å². The smallest absolute Gasteiger partial charge is 0.265 e. The molecule has 0 saturated carbocycles. The Balaban J connectivity index is 2.00. The Kier molecular flexibility index (Phi) is 5.47. The van der Waals surface area contributed by atoms with Crippen molar-refractivity contribution in [1.29, 1.82) is 0 Å². The van der Waals surface area contributed by atoms with Crippen molar-refractivity contribution < 1.29 is 9.53 Å². The van der Waals surface area contributed by atoms with Crippen molar-refractivity contribution >= 4 is 45.8 Å². The molecule has 0 spiro atoms. The third kappa shape index (κ3) is 4.61. The second-order valence-electron chi connectivity index (χ2n) is 4.66. The first-order valence-corrected chi connectivity index (χ1v) is 7.90. The molecule has 0 aliphatic carbocycles. The van der Waals surface area contributed by atoms with Gasteiger partial charge in [-0.1, -0.05) is 11.6 Å². The average Bonchev–Trinajstić information content (AvgIpc) is 2.44. The van der Waals surface area contributed by atoms with E-state index in [0.717, 1.165) is 14.8 Å². The van der Waals surface area contributed by atoms with Crippen LogP contribution in [0.25, 0.3) is 0 Å². The van der Waals surface area contributed by atoms with Gasteiger partial charge in [0, 0.05) is 14.3 Å². The van der Waals surface area contributed by atoms with Crippen LogP contribution in [0.2, 0.25) is 5.02 Å². The highest BCUT2D eigenvalue weighted by molar-refractivity contribution is 14.1. The second-order valence-corrected chi connectivity index (χ2v) is 6.34. The molecule has 0 unspecified atom stereocenters. The first kappa shape index (κ1) is 16.1. The van der Waals surface area contributed by atoms with Crippen LogP contribution in [-0.2, 0) is 4.79 Å². The summed E-state index contributed by atoms with van der Waals surface area (Å²) in [6.45, 7) is 3.68. The van der Waals surface area contributed by atoms with E-state index >= 15 is 0 Å². The van der Waals surface area contributed by atoms with Crippen LogP contribution in [0.1, 0.15) is 12.5 Å². The summed E-state index contributed by atoms with van der Waals surface area (Å²) in [6.07, 6.45) is -0.593. The van der Waals surface area contributed by atoms with Gasteiger partial charge in [0.15, 0.2) is 6.10 Å². The Morgan fingerprint density at radius 3 is 2.52 bits per heavy atom. The molecule has 0 fully saturated rings. The zero-order valence-corrected chi connectivity index (χ0v) is 14.6. The van der Waals surface area contributed by atoms with Gasteiger partial charge in [-0.05, 0) is 84.5 Å². The van der Waals surface area contributed by atoms with Crippen molar-refractivity contribution in [2.45, 2.75) is 20.0 Å². The molecule has 2 rings (SSSR count). The lowest BCUT2D eigenvalue weighted by Gasteiger charge is -2.16. The number of halogens is 2. The number of hydrogen-bond acceptors (Lipinski definition) is 2. The summed E-state index contributed by atoms with van der Waals surface area (Å²) in [5.41, 5.74) is 1.82.